The second-order valence-corrected chi connectivity index (χ2v) is 4.39. The third-order valence-electron chi connectivity index (χ3n) is 2.00. The number of benzene rings is 2. The molecule has 1 radical (unpaired) electrons. The fourth-order valence-corrected chi connectivity index (χ4v) is 1.85. The van der Waals surface area contributed by atoms with Crippen LogP contribution in [-0.2, 0) is 0 Å². The lowest BCUT2D eigenvalue weighted by Crippen LogP contribution is -1.92. The molecule has 0 aromatic heterocycles. The van der Waals surface area contributed by atoms with Crippen molar-refractivity contribution in [2.24, 2.45) is 0 Å². The number of nitrogens with one attached hydrogen (secondary N) is 1. The second-order valence-electron chi connectivity index (χ2n) is 3.14. The van der Waals surface area contributed by atoms with Crippen LogP contribution >= 0.6 is 34.8 Å². The minimum absolute atomic E-state index is 0.566. The Bertz CT molecular complexity index is 474. The van der Waals surface area contributed by atoms with E-state index in [1.54, 1.807) is 30.3 Å². The number of anilines is 2. The maximum atomic E-state index is 6.02. The Kier molecular flexibility index (Phi) is 3.59. The zero-order valence-electron chi connectivity index (χ0n) is 8.10. The lowest BCUT2D eigenvalue weighted by atomic mass is 10.2. The predicted octanol–water partition coefficient (Wildman–Crippen LogP) is 5.19. The van der Waals surface area contributed by atoms with Gasteiger partial charge in [0.2, 0.25) is 0 Å². The second kappa shape index (κ2) is 4.96. The van der Waals surface area contributed by atoms with E-state index in [-0.39, 0.29) is 0 Å². The summed E-state index contributed by atoms with van der Waals surface area (Å²) >= 11 is 17.8. The van der Waals surface area contributed by atoms with Crippen LogP contribution in [0.2, 0.25) is 15.1 Å². The largest absolute Gasteiger partial charge is 0.353 e. The minimum atomic E-state index is 0.566. The first kappa shape index (κ1) is 11.6. The lowest BCUT2D eigenvalue weighted by Gasteiger charge is -2.09. The highest BCUT2D eigenvalue weighted by molar-refractivity contribution is 6.39. The van der Waals surface area contributed by atoms with Crippen molar-refractivity contribution in [3.05, 3.63) is 57.5 Å². The molecule has 0 aliphatic rings. The summed E-state index contributed by atoms with van der Waals surface area (Å²) in [5.41, 5.74) is 1.43. The van der Waals surface area contributed by atoms with Gasteiger partial charge in [-0.3, -0.25) is 0 Å². The summed E-state index contributed by atoms with van der Waals surface area (Å²) in [6.07, 6.45) is 0. The summed E-state index contributed by atoms with van der Waals surface area (Å²) in [5, 5.41) is 4.86. The van der Waals surface area contributed by atoms with Gasteiger partial charge in [0.05, 0.1) is 15.7 Å². The van der Waals surface area contributed by atoms with Gasteiger partial charge in [-0.15, -0.1) is 0 Å². The molecule has 0 saturated carbocycles. The Morgan fingerprint density at radius 3 is 2.19 bits per heavy atom. The van der Waals surface area contributed by atoms with Crippen molar-refractivity contribution in [2.45, 2.75) is 0 Å². The summed E-state index contributed by atoms with van der Waals surface area (Å²) in [5.74, 6) is 0. The van der Waals surface area contributed by atoms with E-state index >= 15 is 0 Å². The van der Waals surface area contributed by atoms with Crippen LogP contribution in [0.15, 0.2) is 36.4 Å². The Labute approximate surface area is 109 Å². The van der Waals surface area contributed by atoms with Crippen LogP contribution in [0.3, 0.4) is 0 Å². The fourth-order valence-electron chi connectivity index (χ4n) is 1.24. The zero-order valence-corrected chi connectivity index (χ0v) is 10.4. The average molecular weight is 272 g/mol. The van der Waals surface area contributed by atoms with Gasteiger partial charge in [0.15, 0.2) is 0 Å². The number of halogens is 3. The van der Waals surface area contributed by atoms with Crippen LogP contribution < -0.4 is 5.32 Å². The van der Waals surface area contributed by atoms with Gasteiger partial charge in [-0.25, -0.2) is 0 Å². The maximum Gasteiger partial charge on any atom is 0.0763 e. The molecule has 0 aliphatic heterocycles. The van der Waals surface area contributed by atoms with Crippen LogP contribution in [-0.4, -0.2) is 0 Å². The van der Waals surface area contributed by atoms with Crippen LogP contribution in [0.4, 0.5) is 11.4 Å². The highest BCUT2D eigenvalue weighted by Gasteiger charge is 2.05. The van der Waals surface area contributed by atoms with Gasteiger partial charge in [0, 0.05) is 16.8 Å². The van der Waals surface area contributed by atoms with E-state index in [1.807, 2.05) is 6.07 Å². The van der Waals surface area contributed by atoms with Crippen LogP contribution in [0.5, 0.6) is 0 Å². The predicted molar refractivity (Wildman–Crippen MR) is 70.0 cm³/mol. The molecular formula is C12H7Cl3N. The van der Waals surface area contributed by atoms with Gasteiger partial charge < -0.3 is 5.32 Å². The molecule has 81 valence electrons. The summed E-state index contributed by atoms with van der Waals surface area (Å²) in [6, 6.07) is 13.6. The molecule has 0 atom stereocenters. The van der Waals surface area contributed by atoms with Crippen molar-refractivity contribution >= 4 is 46.2 Å². The van der Waals surface area contributed by atoms with E-state index in [0.29, 0.717) is 20.8 Å². The van der Waals surface area contributed by atoms with E-state index in [2.05, 4.69) is 11.4 Å². The molecule has 2 rings (SSSR count). The summed E-state index contributed by atoms with van der Waals surface area (Å²) in [4.78, 5) is 0. The molecule has 0 aliphatic carbocycles. The van der Waals surface area contributed by atoms with E-state index < -0.39 is 0 Å². The Hall–Kier alpha value is -0.890. The van der Waals surface area contributed by atoms with E-state index in [1.165, 1.54) is 0 Å². The van der Waals surface area contributed by atoms with E-state index in [0.717, 1.165) is 5.69 Å². The first-order valence-corrected chi connectivity index (χ1v) is 5.68. The van der Waals surface area contributed by atoms with Crippen LogP contribution in [0.25, 0.3) is 0 Å². The van der Waals surface area contributed by atoms with Crippen molar-refractivity contribution in [3.63, 3.8) is 0 Å². The molecule has 2 aromatic rings. The highest BCUT2D eigenvalue weighted by atomic mass is 35.5. The fraction of sp³-hybridized carbons (Fsp3) is 0. The van der Waals surface area contributed by atoms with Gasteiger partial charge in [-0.05, 0) is 30.3 Å². The van der Waals surface area contributed by atoms with Gasteiger partial charge >= 0.3 is 0 Å². The van der Waals surface area contributed by atoms with Gasteiger partial charge in [-0.1, -0.05) is 40.9 Å². The summed E-state index contributed by atoms with van der Waals surface area (Å²) < 4.78 is 0. The van der Waals surface area contributed by atoms with Gasteiger partial charge in [-0.2, -0.15) is 0 Å². The van der Waals surface area contributed by atoms with Gasteiger partial charge in [0.25, 0.3) is 0 Å². The lowest BCUT2D eigenvalue weighted by molar-refractivity contribution is 1.54. The molecule has 0 unspecified atom stereocenters. The van der Waals surface area contributed by atoms with Crippen molar-refractivity contribution in [1.29, 1.82) is 0 Å². The molecule has 16 heavy (non-hydrogen) atoms. The molecule has 0 fully saturated rings. The quantitative estimate of drug-likeness (QED) is 0.792. The SMILES string of the molecule is Clc1c[c]c(Nc2c(Cl)cccc2Cl)cc1. The molecule has 1 N–H and O–H groups in total. The molecule has 0 saturated heterocycles. The molecular weight excluding hydrogens is 264 g/mol. The van der Waals surface area contributed by atoms with Crippen LogP contribution in [0, 0.1) is 6.07 Å². The Morgan fingerprint density at radius 1 is 0.938 bits per heavy atom. The van der Waals surface area contributed by atoms with Gasteiger partial charge in [0.1, 0.15) is 0 Å². The molecule has 2 aromatic carbocycles. The number of para-hydroxylation sites is 1. The third-order valence-corrected chi connectivity index (χ3v) is 2.86. The average Bonchev–Trinajstić information content (AvgIpc) is 2.26. The maximum absolute atomic E-state index is 6.02. The molecule has 0 spiro atoms. The van der Waals surface area contributed by atoms with Crippen LogP contribution in [0.1, 0.15) is 0 Å². The smallest absolute Gasteiger partial charge is 0.0763 e. The first-order chi connectivity index (χ1) is 7.66. The van der Waals surface area contributed by atoms with Crippen molar-refractivity contribution in [3.8, 4) is 0 Å². The first-order valence-electron chi connectivity index (χ1n) is 4.55. The molecule has 4 heteroatoms. The Morgan fingerprint density at radius 2 is 1.62 bits per heavy atom. The summed E-state index contributed by atoms with van der Waals surface area (Å²) in [7, 11) is 0. The van der Waals surface area contributed by atoms with Crippen molar-refractivity contribution < 1.29 is 0 Å². The third kappa shape index (κ3) is 2.62. The molecule has 1 nitrogen and oxygen atoms in total. The van der Waals surface area contributed by atoms with E-state index in [9.17, 15) is 0 Å². The molecule has 0 heterocycles. The molecule has 0 amide bonds. The Balaban J connectivity index is 2.30. The summed E-state index contributed by atoms with van der Waals surface area (Å²) in [6.45, 7) is 0. The number of hydrogen-bond donors (Lipinski definition) is 1. The number of rotatable bonds is 2. The monoisotopic (exact) mass is 270 g/mol. The van der Waals surface area contributed by atoms with E-state index in [4.69, 9.17) is 34.8 Å². The van der Waals surface area contributed by atoms with Crippen molar-refractivity contribution in [2.75, 3.05) is 5.32 Å². The highest BCUT2D eigenvalue weighted by Crippen LogP contribution is 2.32. The molecule has 0 bridgehead atoms. The number of hydrogen-bond acceptors (Lipinski definition) is 1. The normalized spacial score (nSPS) is 10.2. The van der Waals surface area contributed by atoms with Crippen molar-refractivity contribution in [1.82, 2.24) is 0 Å². The topological polar surface area (TPSA) is 12.0 Å². The standard InChI is InChI=1S/C12H7Cl3N/c13-8-4-6-9(7-5-8)16-12-10(14)2-1-3-11(12)15/h1-6,16H. The minimum Gasteiger partial charge on any atom is -0.353 e. The zero-order chi connectivity index (χ0) is 11.5.